The van der Waals surface area contributed by atoms with Crippen LogP contribution in [0.4, 0.5) is 0 Å². The first kappa shape index (κ1) is 12.0. The Morgan fingerprint density at radius 1 is 1.05 bits per heavy atom. The molecule has 3 nitrogen and oxygen atoms in total. The average molecular weight is 324 g/mol. The normalized spacial score (nSPS) is 24.9. The molecule has 0 atom stereocenters. The van der Waals surface area contributed by atoms with Gasteiger partial charge in [0.2, 0.25) is 0 Å². The van der Waals surface area contributed by atoms with Crippen LogP contribution >= 0.6 is 15.9 Å². The van der Waals surface area contributed by atoms with E-state index in [0.717, 1.165) is 29.2 Å². The highest BCUT2D eigenvalue weighted by Gasteiger charge is 2.47. The van der Waals surface area contributed by atoms with E-state index in [2.05, 4.69) is 28.1 Å². The van der Waals surface area contributed by atoms with Crippen molar-refractivity contribution in [3.63, 3.8) is 0 Å². The summed E-state index contributed by atoms with van der Waals surface area (Å²) < 4.78 is 13.0. The average Bonchev–Trinajstić information content (AvgIpc) is 3.30. The fourth-order valence-electron chi connectivity index (χ4n) is 2.87. The van der Waals surface area contributed by atoms with E-state index in [-0.39, 0.29) is 10.8 Å². The number of fused-ring (bicyclic) bond motifs is 1. The van der Waals surface area contributed by atoms with Crippen LogP contribution in [-0.4, -0.2) is 19.8 Å². The van der Waals surface area contributed by atoms with Gasteiger partial charge in [0.1, 0.15) is 0 Å². The second kappa shape index (κ2) is 3.89. The van der Waals surface area contributed by atoms with Crippen molar-refractivity contribution in [2.45, 2.75) is 31.1 Å². The summed E-state index contributed by atoms with van der Waals surface area (Å²) in [4.78, 5) is 0. The van der Waals surface area contributed by atoms with Crippen molar-refractivity contribution in [3.8, 4) is 11.5 Å². The van der Waals surface area contributed by atoms with Crippen molar-refractivity contribution in [3.05, 3.63) is 22.2 Å². The van der Waals surface area contributed by atoms with Crippen molar-refractivity contribution in [2.24, 2.45) is 11.1 Å². The van der Waals surface area contributed by atoms with E-state index >= 15 is 0 Å². The lowest BCUT2D eigenvalue weighted by atomic mass is 9.96. The van der Waals surface area contributed by atoms with Crippen LogP contribution in [0.15, 0.2) is 16.6 Å². The molecule has 1 aromatic carbocycles. The van der Waals surface area contributed by atoms with Gasteiger partial charge in [0.05, 0.1) is 13.2 Å². The molecular weight excluding hydrogens is 306 g/mol. The number of benzene rings is 1. The molecule has 1 heterocycles. The van der Waals surface area contributed by atoms with Gasteiger partial charge in [-0.05, 0) is 43.4 Å². The number of rotatable bonds is 2. The van der Waals surface area contributed by atoms with Gasteiger partial charge in [0.15, 0.2) is 11.5 Å². The van der Waals surface area contributed by atoms with Gasteiger partial charge in [0, 0.05) is 21.8 Å². The third kappa shape index (κ3) is 1.88. The summed E-state index contributed by atoms with van der Waals surface area (Å²) in [7, 11) is 0. The summed E-state index contributed by atoms with van der Waals surface area (Å²) in [5.74, 6) is 1.76. The Kier molecular flexibility index (Phi) is 2.46. The zero-order chi connectivity index (χ0) is 13.1. The second-order valence-electron chi connectivity index (χ2n) is 6.34. The van der Waals surface area contributed by atoms with Gasteiger partial charge in [-0.2, -0.15) is 0 Å². The van der Waals surface area contributed by atoms with Crippen LogP contribution < -0.4 is 15.2 Å². The quantitative estimate of drug-likeness (QED) is 0.910. The molecule has 4 heteroatoms. The molecule has 0 amide bonds. The van der Waals surface area contributed by atoms with Gasteiger partial charge in [-0.25, -0.2) is 0 Å². The monoisotopic (exact) mass is 323 g/mol. The van der Waals surface area contributed by atoms with E-state index < -0.39 is 0 Å². The molecule has 2 aliphatic carbocycles. The lowest BCUT2D eigenvalue weighted by Crippen LogP contribution is -2.20. The van der Waals surface area contributed by atoms with Gasteiger partial charge in [-0.1, -0.05) is 15.9 Å². The third-order valence-corrected chi connectivity index (χ3v) is 5.53. The number of nitrogens with two attached hydrogens (primary N) is 1. The van der Waals surface area contributed by atoms with Crippen molar-refractivity contribution in [2.75, 3.05) is 19.8 Å². The first-order valence-corrected chi connectivity index (χ1v) is 7.76. The highest BCUT2D eigenvalue weighted by atomic mass is 79.9. The van der Waals surface area contributed by atoms with E-state index in [1.165, 1.54) is 31.2 Å². The topological polar surface area (TPSA) is 44.5 Å². The maximum atomic E-state index is 6.00. The predicted octanol–water partition coefficient (Wildman–Crippen LogP) is 2.99. The van der Waals surface area contributed by atoms with E-state index in [9.17, 15) is 0 Å². The fraction of sp³-hybridized carbons (Fsp3) is 0.600. The molecule has 102 valence electrons. The molecule has 2 N–H and O–H groups in total. The van der Waals surface area contributed by atoms with Crippen LogP contribution in [-0.2, 0) is 5.41 Å². The van der Waals surface area contributed by atoms with E-state index in [0.29, 0.717) is 6.54 Å². The standard InChI is InChI=1S/C15H18BrNO2/c16-11-6-13-12(5-10(11)15(7-17)3-4-15)18-8-14(1-2-14)9-19-13/h5-6H,1-4,7-9,17H2. The molecule has 0 saturated heterocycles. The van der Waals surface area contributed by atoms with Gasteiger partial charge < -0.3 is 15.2 Å². The second-order valence-corrected chi connectivity index (χ2v) is 7.19. The number of hydrogen-bond donors (Lipinski definition) is 1. The van der Waals surface area contributed by atoms with Crippen molar-refractivity contribution in [1.82, 2.24) is 0 Å². The number of halogens is 1. The molecule has 0 bridgehead atoms. The molecule has 0 unspecified atom stereocenters. The largest absolute Gasteiger partial charge is 0.489 e. The van der Waals surface area contributed by atoms with Gasteiger partial charge in [-0.3, -0.25) is 0 Å². The first-order chi connectivity index (χ1) is 9.16. The Hall–Kier alpha value is -0.740. The molecule has 1 aromatic rings. The SMILES string of the molecule is NCC1(c2cc3c(cc2Br)OCC2(CC2)CO3)CC1. The predicted molar refractivity (Wildman–Crippen MR) is 76.8 cm³/mol. The Bertz CT molecular complexity index is 535. The Morgan fingerprint density at radius 2 is 1.68 bits per heavy atom. The van der Waals surface area contributed by atoms with E-state index in [1.807, 2.05) is 0 Å². The van der Waals surface area contributed by atoms with Crippen LogP contribution in [0.25, 0.3) is 0 Å². The van der Waals surface area contributed by atoms with Gasteiger partial charge >= 0.3 is 0 Å². The molecule has 1 spiro atoms. The summed E-state index contributed by atoms with van der Waals surface area (Å²) in [5, 5.41) is 0. The van der Waals surface area contributed by atoms with Gasteiger partial charge in [-0.15, -0.1) is 0 Å². The molecule has 2 saturated carbocycles. The first-order valence-electron chi connectivity index (χ1n) is 6.96. The zero-order valence-corrected chi connectivity index (χ0v) is 12.5. The van der Waals surface area contributed by atoms with Crippen LogP contribution in [0.3, 0.4) is 0 Å². The van der Waals surface area contributed by atoms with E-state index in [1.54, 1.807) is 0 Å². The maximum absolute atomic E-state index is 6.00. The van der Waals surface area contributed by atoms with E-state index in [4.69, 9.17) is 15.2 Å². The van der Waals surface area contributed by atoms with Crippen LogP contribution in [0.2, 0.25) is 0 Å². The highest BCUT2D eigenvalue weighted by Crippen LogP contribution is 2.54. The summed E-state index contributed by atoms with van der Waals surface area (Å²) >= 11 is 3.67. The molecule has 1 aliphatic heterocycles. The summed E-state index contributed by atoms with van der Waals surface area (Å²) in [5.41, 5.74) is 7.67. The maximum Gasteiger partial charge on any atom is 0.162 e. The van der Waals surface area contributed by atoms with Crippen molar-refractivity contribution in [1.29, 1.82) is 0 Å². The minimum atomic E-state index is 0.167. The van der Waals surface area contributed by atoms with Crippen LogP contribution in [0, 0.1) is 5.41 Å². The van der Waals surface area contributed by atoms with Crippen molar-refractivity contribution >= 4 is 15.9 Å². The summed E-state index contributed by atoms with van der Waals surface area (Å²) in [6, 6.07) is 4.20. The molecule has 3 aliphatic rings. The minimum Gasteiger partial charge on any atom is -0.489 e. The number of ether oxygens (including phenoxy) is 2. The third-order valence-electron chi connectivity index (χ3n) is 4.87. The Balaban J connectivity index is 1.71. The fourth-order valence-corrected chi connectivity index (χ4v) is 3.61. The molecule has 0 radical (unpaired) electrons. The lowest BCUT2D eigenvalue weighted by Gasteiger charge is -2.18. The molecule has 2 fully saturated rings. The molecular formula is C15H18BrNO2. The molecule has 4 rings (SSSR count). The Morgan fingerprint density at radius 3 is 2.21 bits per heavy atom. The number of hydrogen-bond acceptors (Lipinski definition) is 3. The summed E-state index contributed by atoms with van der Waals surface area (Å²) in [6.07, 6.45) is 4.79. The smallest absolute Gasteiger partial charge is 0.162 e. The zero-order valence-electron chi connectivity index (χ0n) is 10.9. The Labute approximate surface area is 121 Å². The summed E-state index contributed by atoms with van der Waals surface area (Å²) in [6.45, 7) is 2.28. The minimum absolute atomic E-state index is 0.167. The van der Waals surface area contributed by atoms with Crippen molar-refractivity contribution < 1.29 is 9.47 Å². The molecule has 19 heavy (non-hydrogen) atoms. The molecule has 0 aromatic heterocycles. The van der Waals surface area contributed by atoms with Crippen LogP contribution in [0.1, 0.15) is 31.2 Å². The van der Waals surface area contributed by atoms with Gasteiger partial charge in [0.25, 0.3) is 0 Å². The van der Waals surface area contributed by atoms with Crippen LogP contribution in [0.5, 0.6) is 11.5 Å². The highest BCUT2D eigenvalue weighted by molar-refractivity contribution is 9.10. The lowest BCUT2D eigenvalue weighted by molar-refractivity contribution is 0.197.